The first kappa shape index (κ1) is 38.0. The number of aromatic nitrogens is 2. The van der Waals surface area contributed by atoms with Crippen LogP contribution < -0.4 is 38.5 Å². The van der Waals surface area contributed by atoms with Gasteiger partial charge in [-0.3, -0.25) is 24.2 Å². The molecule has 0 bridgehead atoms. The van der Waals surface area contributed by atoms with Crippen molar-refractivity contribution in [2.24, 2.45) is 28.1 Å². The number of amides is 4. The predicted octanol–water partition coefficient (Wildman–Crippen LogP) is -3.05. The van der Waals surface area contributed by atoms with Gasteiger partial charge in [-0.25, -0.2) is 9.78 Å². The summed E-state index contributed by atoms with van der Waals surface area (Å²) in [7, 11) is 0. The van der Waals surface area contributed by atoms with Gasteiger partial charge in [-0.1, -0.05) is 26.0 Å². The highest BCUT2D eigenvalue weighted by Gasteiger charge is 2.33. The van der Waals surface area contributed by atoms with Gasteiger partial charge in [-0.05, 0) is 36.5 Å². The number of guanidine groups is 1. The number of nitrogens with two attached hydrogens (primary N) is 3. The minimum atomic E-state index is -1.55. The molecule has 0 saturated carbocycles. The fraction of sp³-hybridized carbons (Fsp3) is 0.483. The summed E-state index contributed by atoms with van der Waals surface area (Å²) in [4.78, 5) is 74.8. The molecule has 1 aromatic carbocycles. The average Bonchev–Trinajstić information content (AvgIpc) is 3.53. The number of carboxylic acids is 1. The van der Waals surface area contributed by atoms with Crippen LogP contribution in [0.1, 0.15) is 37.9 Å². The molecule has 47 heavy (non-hydrogen) atoms. The molecule has 1 aromatic heterocycles. The number of aliphatic carboxylic acids is 1. The lowest BCUT2D eigenvalue weighted by molar-refractivity contribution is -0.142. The molecule has 1 heterocycles. The van der Waals surface area contributed by atoms with Gasteiger partial charge < -0.3 is 58.8 Å². The van der Waals surface area contributed by atoms with E-state index < -0.39 is 72.3 Å². The molecule has 0 aliphatic rings. The lowest BCUT2D eigenvalue weighted by Gasteiger charge is -2.27. The zero-order valence-electron chi connectivity index (χ0n) is 26.2. The minimum absolute atomic E-state index is 0.0154. The molecule has 0 spiro atoms. The van der Waals surface area contributed by atoms with E-state index in [-0.39, 0.29) is 37.5 Å². The van der Waals surface area contributed by atoms with Crippen LogP contribution in [0.2, 0.25) is 0 Å². The largest absolute Gasteiger partial charge is 0.508 e. The van der Waals surface area contributed by atoms with Gasteiger partial charge in [0.2, 0.25) is 23.6 Å². The third-order valence-corrected chi connectivity index (χ3v) is 6.97. The van der Waals surface area contributed by atoms with Crippen molar-refractivity contribution in [1.29, 1.82) is 0 Å². The van der Waals surface area contributed by atoms with E-state index in [1.807, 2.05) is 0 Å². The zero-order chi connectivity index (χ0) is 35.1. The summed E-state index contributed by atoms with van der Waals surface area (Å²) >= 11 is 0. The van der Waals surface area contributed by atoms with Crippen molar-refractivity contribution >= 4 is 35.6 Å². The van der Waals surface area contributed by atoms with Gasteiger partial charge >= 0.3 is 5.97 Å². The normalized spacial score (nSPS) is 14.1. The third-order valence-electron chi connectivity index (χ3n) is 6.97. The zero-order valence-corrected chi connectivity index (χ0v) is 26.2. The van der Waals surface area contributed by atoms with E-state index in [1.165, 1.54) is 36.8 Å². The van der Waals surface area contributed by atoms with Crippen LogP contribution in [0, 0.1) is 5.92 Å². The summed E-state index contributed by atoms with van der Waals surface area (Å²) in [5, 5.41) is 39.1. The summed E-state index contributed by atoms with van der Waals surface area (Å²) in [6.45, 7) is 2.60. The summed E-state index contributed by atoms with van der Waals surface area (Å²) < 4.78 is 0. The van der Waals surface area contributed by atoms with E-state index in [2.05, 4.69) is 36.2 Å². The Morgan fingerprint density at radius 1 is 0.894 bits per heavy atom. The number of aromatic amines is 1. The van der Waals surface area contributed by atoms with Crippen LogP contribution in [0.5, 0.6) is 5.75 Å². The van der Waals surface area contributed by atoms with Gasteiger partial charge in [0.1, 0.15) is 29.9 Å². The lowest BCUT2D eigenvalue weighted by Crippen LogP contribution is -2.60. The number of H-pyrrole nitrogens is 1. The van der Waals surface area contributed by atoms with Gasteiger partial charge in [0, 0.05) is 31.3 Å². The second kappa shape index (κ2) is 18.7. The number of carbonyl (C=O) groups is 5. The molecule has 0 aliphatic heterocycles. The Balaban J connectivity index is 2.14. The standard InChI is InChI=1S/C29H44N10O8/c1-15(2)23(27(45)37-21(28(46)47)11-17-12-33-14-35-17)39-26(44)22(13-40)38-25(43)20(10-16-5-7-18(41)8-6-16)36-24(42)19(30)4-3-9-34-29(31)32/h5-8,12,14-15,19-23,40-41H,3-4,9-11,13,30H2,1-2H3,(H,33,35)(H,36,42)(H,37,45)(H,38,43)(H,39,44)(H,46,47)(H4,31,32,34)/t19-,20-,21-,22-,23-/m0/s1. The van der Waals surface area contributed by atoms with Crippen molar-refractivity contribution in [3.8, 4) is 5.75 Å². The second-order valence-electron chi connectivity index (χ2n) is 11.1. The maximum absolute atomic E-state index is 13.4. The van der Waals surface area contributed by atoms with Crippen LogP contribution in [-0.4, -0.2) is 104 Å². The number of aliphatic hydroxyl groups is 1. The Morgan fingerprint density at radius 2 is 1.51 bits per heavy atom. The smallest absolute Gasteiger partial charge is 0.326 e. The number of nitrogens with zero attached hydrogens (tertiary/aromatic N) is 2. The minimum Gasteiger partial charge on any atom is -0.508 e. The Bertz CT molecular complexity index is 1360. The number of nitrogens with one attached hydrogen (secondary N) is 5. The number of benzene rings is 1. The highest BCUT2D eigenvalue weighted by molar-refractivity contribution is 5.95. The molecule has 5 atom stereocenters. The van der Waals surface area contributed by atoms with Crippen molar-refractivity contribution in [3.05, 3.63) is 48.0 Å². The van der Waals surface area contributed by atoms with Crippen molar-refractivity contribution in [2.45, 2.75) is 69.7 Å². The molecule has 18 heteroatoms. The Kier molecular flexibility index (Phi) is 15.1. The number of phenols is 1. The van der Waals surface area contributed by atoms with Crippen LogP contribution in [0.3, 0.4) is 0 Å². The van der Waals surface area contributed by atoms with Crippen LogP contribution in [-0.2, 0) is 36.8 Å². The number of hydrogen-bond donors (Lipinski definition) is 11. The monoisotopic (exact) mass is 660 g/mol. The number of carboxylic acid groups (broad SMARTS) is 1. The van der Waals surface area contributed by atoms with E-state index in [1.54, 1.807) is 13.8 Å². The van der Waals surface area contributed by atoms with E-state index >= 15 is 0 Å². The van der Waals surface area contributed by atoms with Crippen molar-refractivity contribution in [3.63, 3.8) is 0 Å². The Morgan fingerprint density at radius 3 is 2.06 bits per heavy atom. The lowest BCUT2D eigenvalue weighted by atomic mass is 10.0. The van der Waals surface area contributed by atoms with Gasteiger partial charge in [0.25, 0.3) is 0 Å². The van der Waals surface area contributed by atoms with Gasteiger partial charge in [-0.15, -0.1) is 0 Å². The van der Waals surface area contributed by atoms with E-state index in [9.17, 15) is 39.3 Å². The number of phenolic OH excluding ortho intramolecular Hbond substituents is 1. The van der Waals surface area contributed by atoms with Crippen molar-refractivity contribution in [1.82, 2.24) is 31.2 Å². The molecule has 258 valence electrons. The van der Waals surface area contributed by atoms with Crippen molar-refractivity contribution < 1.29 is 39.3 Å². The molecule has 14 N–H and O–H groups in total. The summed E-state index contributed by atoms with van der Waals surface area (Å²) in [5.41, 5.74) is 17.6. The maximum atomic E-state index is 13.4. The van der Waals surface area contributed by atoms with Crippen LogP contribution in [0.25, 0.3) is 0 Å². The Labute approximate surface area is 271 Å². The average molecular weight is 661 g/mol. The molecule has 2 rings (SSSR count). The molecule has 0 fully saturated rings. The number of imidazole rings is 1. The highest BCUT2D eigenvalue weighted by Crippen LogP contribution is 2.12. The second-order valence-corrected chi connectivity index (χ2v) is 11.1. The molecule has 2 aromatic rings. The number of carbonyl (C=O) groups excluding carboxylic acids is 4. The molecule has 0 unspecified atom stereocenters. The number of aliphatic imine (C=N–C) groups is 1. The number of aromatic hydroxyl groups is 1. The molecular formula is C29H44N10O8. The number of aliphatic hydroxyl groups excluding tert-OH is 1. The SMILES string of the molecule is CC(C)[C@H](NC(=O)[C@H](CO)NC(=O)[C@H](Cc1ccc(O)cc1)NC(=O)[C@@H](N)CCCN=C(N)N)C(=O)N[C@@H](Cc1cnc[nH]1)C(=O)O. The third kappa shape index (κ3) is 13.0. The first-order chi connectivity index (χ1) is 22.2. The summed E-state index contributed by atoms with van der Waals surface area (Å²) in [6.07, 6.45) is 3.20. The molecule has 0 saturated heterocycles. The van der Waals surface area contributed by atoms with Crippen LogP contribution >= 0.6 is 0 Å². The van der Waals surface area contributed by atoms with Gasteiger partial charge in [-0.2, -0.15) is 0 Å². The van der Waals surface area contributed by atoms with Gasteiger partial charge in [0.05, 0.1) is 19.0 Å². The van der Waals surface area contributed by atoms with Crippen LogP contribution in [0.4, 0.5) is 0 Å². The summed E-state index contributed by atoms with van der Waals surface area (Å²) in [6, 6.07) is -0.544. The quantitative estimate of drug-likeness (QED) is 0.0407. The molecular weight excluding hydrogens is 616 g/mol. The molecule has 0 aliphatic carbocycles. The van der Waals surface area contributed by atoms with E-state index in [0.29, 0.717) is 17.7 Å². The fourth-order valence-electron chi connectivity index (χ4n) is 4.34. The van der Waals surface area contributed by atoms with Crippen LogP contribution in [0.15, 0.2) is 41.8 Å². The topological polar surface area (TPSA) is 313 Å². The highest BCUT2D eigenvalue weighted by atomic mass is 16.4. The predicted molar refractivity (Wildman–Crippen MR) is 169 cm³/mol. The number of rotatable bonds is 19. The Hall–Kier alpha value is -5.23. The molecule has 4 amide bonds. The van der Waals surface area contributed by atoms with Crippen molar-refractivity contribution in [2.75, 3.05) is 13.2 Å². The first-order valence-electron chi connectivity index (χ1n) is 14.8. The van der Waals surface area contributed by atoms with E-state index in [0.717, 1.165) is 0 Å². The summed E-state index contributed by atoms with van der Waals surface area (Å²) in [5.74, 6) is -5.19. The maximum Gasteiger partial charge on any atom is 0.326 e. The molecule has 0 radical (unpaired) electrons. The molecule has 18 nitrogen and oxygen atoms in total. The fourth-order valence-corrected chi connectivity index (χ4v) is 4.34. The van der Waals surface area contributed by atoms with E-state index in [4.69, 9.17) is 17.2 Å². The first-order valence-corrected chi connectivity index (χ1v) is 14.8. The number of hydrogen-bond acceptors (Lipinski definition) is 10. The van der Waals surface area contributed by atoms with Gasteiger partial charge in [0.15, 0.2) is 5.96 Å².